The summed E-state index contributed by atoms with van der Waals surface area (Å²) in [5.41, 5.74) is 4.25. The van der Waals surface area contributed by atoms with Gasteiger partial charge < -0.3 is 14.7 Å². The highest BCUT2D eigenvalue weighted by Gasteiger charge is 2.32. The second kappa shape index (κ2) is 13.4. The number of aliphatic hydroxyl groups is 1. The molecule has 2 aromatic rings. The first-order valence-electron chi connectivity index (χ1n) is 15.2. The molecule has 0 spiro atoms. The summed E-state index contributed by atoms with van der Waals surface area (Å²) in [7, 11) is 1.62. The minimum absolute atomic E-state index is 0.0330. The van der Waals surface area contributed by atoms with Gasteiger partial charge in [-0.15, -0.1) is 0 Å². The zero-order valence-corrected chi connectivity index (χ0v) is 25.2. The predicted molar refractivity (Wildman–Crippen MR) is 166 cm³/mol. The summed E-state index contributed by atoms with van der Waals surface area (Å²) in [6, 6.07) is 8.93. The van der Waals surface area contributed by atoms with E-state index in [1.165, 1.54) is 12.8 Å². The average molecular weight is 578 g/mol. The van der Waals surface area contributed by atoms with Crippen LogP contribution in [0.3, 0.4) is 0 Å². The van der Waals surface area contributed by atoms with Gasteiger partial charge in [0.25, 0.3) is 0 Å². The number of carbonyl (C=O) groups excluding carboxylic acids is 1. The molecule has 1 amide bonds. The number of anilines is 1. The standard InChI is InChI=1S/C34H44ClN3O3/c1-23(7-18-33(41-3)24(2)35)26-10-8-25(9-11-26)21-37(34(40)27-12-16-32(39)17-13-27)31-6-4-5-28(19-31)29-20-36-38(22-29)30-14-15-30/h4-7,18-20,22,25-27,30,32,39H,1,8-17,21H2,2-3H3/b18-7-,33-24-. The Hall–Kier alpha value is -2.83. The van der Waals surface area contributed by atoms with Crippen molar-refractivity contribution in [2.75, 3.05) is 18.6 Å². The molecule has 0 atom stereocenters. The molecule has 0 aliphatic heterocycles. The van der Waals surface area contributed by atoms with Crippen molar-refractivity contribution in [2.45, 2.75) is 83.3 Å². The number of hydrogen-bond donors (Lipinski definition) is 1. The molecule has 3 saturated carbocycles. The van der Waals surface area contributed by atoms with Crippen LogP contribution in [0.25, 0.3) is 11.1 Å². The smallest absolute Gasteiger partial charge is 0.230 e. The van der Waals surface area contributed by atoms with Gasteiger partial charge in [-0.1, -0.05) is 42.0 Å². The summed E-state index contributed by atoms with van der Waals surface area (Å²) in [4.78, 5) is 16.1. The monoisotopic (exact) mass is 577 g/mol. The fourth-order valence-corrected chi connectivity index (χ4v) is 6.50. The van der Waals surface area contributed by atoms with E-state index < -0.39 is 0 Å². The number of allylic oxidation sites excluding steroid dienone is 4. The zero-order valence-electron chi connectivity index (χ0n) is 24.5. The largest absolute Gasteiger partial charge is 0.496 e. The number of methoxy groups -OCH3 is 1. The van der Waals surface area contributed by atoms with Gasteiger partial charge in [-0.25, -0.2) is 0 Å². The molecule has 1 aromatic carbocycles. The number of aliphatic hydroxyl groups excluding tert-OH is 1. The van der Waals surface area contributed by atoms with Crippen molar-refractivity contribution in [2.24, 2.45) is 17.8 Å². The number of halogens is 1. The van der Waals surface area contributed by atoms with Gasteiger partial charge >= 0.3 is 0 Å². The summed E-state index contributed by atoms with van der Waals surface area (Å²) in [6.07, 6.45) is 17.3. The van der Waals surface area contributed by atoms with Crippen LogP contribution in [-0.4, -0.2) is 40.6 Å². The van der Waals surface area contributed by atoms with Crippen LogP contribution in [0.4, 0.5) is 5.69 Å². The minimum atomic E-state index is -0.278. The highest BCUT2D eigenvalue weighted by molar-refractivity contribution is 6.29. The molecule has 3 fully saturated rings. The van der Waals surface area contributed by atoms with Crippen molar-refractivity contribution in [3.63, 3.8) is 0 Å². The summed E-state index contributed by atoms with van der Waals surface area (Å²) in [6.45, 7) is 6.87. The van der Waals surface area contributed by atoms with Crippen molar-refractivity contribution in [1.82, 2.24) is 9.78 Å². The van der Waals surface area contributed by atoms with Gasteiger partial charge in [-0.2, -0.15) is 5.10 Å². The fourth-order valence-electron chi connectivity index (χ4n) is 6.36. The Bertz CT molecular complexity index is 1270. The number of ether oxygens (including phenoxy) is 1. The van der Waals surface area contributed by atoms with Crippen molar-refractivity contribution >= 4 is 23.2 Å². The van der Waals surface area contributed by atoms with Gasteiger partial charge in [-0.3, -0.25) is 9.48 Å². The Labute approximate surface area is 249 Å². The third kappa shape index (κ3) is 7.52. The van der Waals surface area contributed by atoms with E-state index >= 15 is 0 Å². The second-order valence-electron chi connectivity index (χ2n) is 12.2. The van der Waals surface area contributed by atoms with E-state index in [4.69, 9.17) is 16.3 Å². The number of carbonyl (C=O) groups is 1. The number of rotatable bonds is 10. The van der Waals surface area contributed by atoms with E-state index in [1.807, 2.05) is 25.3 Å². The third-order valence-electron chi connectivity index (χ3n) is 9.15. The lowest BCUT2D eigenvalue weighted by Crippen LogP contribution is -2.42. The maximum absolute atomic E-state index is 14.0. The quantitative estimate of drug-likeness (QED) is 0.231. The number of nitrogens with zero attached hydrogens (tertiary/aromatic N) is 3. The summed E-state index contributed by atoms with van der Waals surface area (Å²) >= 11 is 6.11. The number of hydrogen-bond acceptors (Lipinski definition) is 4. The molecule has 1 heterocycles. The van der Waals surface area contributed by atoms with Gasteiger partial charge in [0.05, 0.1) is 30.5 Å². The molecular formula is C34H44ClN3O3. The Kier molecular flexibility index (Phi) is 9.72. The number of amides is 1. The summed E-state index contributed by atoms with van der Waals surface area (Å²) in [5.74, 6) is 1.68. The molecule has 1 aromatic heterocycles. The van der Waals surface area contributed by atoms with Gasteiger partial charge in [0.1, 0.15) is 5.76 Å². The van der Waals surface area contributed by atoms with Crippen molar-refractivity contribution in [3.05, 3.63) is 71.8 Å². The summed E-state index contributed by atoms with van der Waals surface area (Å²) in [5, 5.41) is 15.3. The lowest BCUT2D eigenvalue weighted by Gasteiger charge is -2.36. The molecule has 7 heteroatoms. The van der Waals surface area contributed by atoms with Crippen molar-refractivity contribution in [1.29, 1.82) is 0 Å². The number of benzene rings is 1. The molecular weight excluding hydrogens is 534 g/mol. The van der Waals surface area contributed by atoms with Crippen LogP contribution in [0.1, 0.15) is 77.2 Å². The maximum atomic E-state index is 14.0. The van der Waals surface area contributed by atoms with Crippen LogP contribution in [0, 0.1) is 17.8 Å². The third-order valence-corrected chi connectivity index (χ3v) is 9.33. The molecule has 0 radical (unpaired) electrons. The molecule has 220 valence electrons. The van der Waals surface area contributed by atoms with E-state index in [0.29, 0.717) is 41.5 Å². The lowest BCUT2D eigenvalue weighted by molar-refractivity contribution is -0.124. The Morgan fingerprint density at radius 1 is 1.07 bits per heavy atom. The van der Waals surface area contributed by atoms with E-state index in [9.17, 15) is 9.90 Å². The molecule has 1 N–H and O–H groups in total. The van der Waals surface area contributed by atoms with Crippen LogP contribution < -0.4 is 4.90 Å². The fraction of sp³-hybridized carbons (Fsp3) is 0.529. The average Bonchev–Trinajstić information content (AvgIpc) is 3.72. The van der Waals surface area contributed by atoms with Crippen LogP contribution in [0.2, 0.25) is 0 Å². The highest BCUT2D eigenvalue weighted by Crippen LogP contribution is 2.38. The first-order valence-corrected chi connectivity index (χ1v) is 15.6. The minimum Gasteiger partial charge on any atom is -0.496 e. The molecule has 0 saturated heterocycles. The lowest BCUT2D eigenvalue weighted by atomic mass is 9.78. The molecule has 3 aliphatic rings. The van der Waals surface area contributed by atoms with E-state index in [0.717, 1.165) is 67.5 Å². The van der Waals surface area contributed by atoms with Crippen LogP contribution >= 0.6 is 11.6 Å². The van der Waals surface area contributed by atoms with Gasteiger partial charge in [-0.05, 0) is 107 Å². The van der Waals surface area contributed by atoms with Gasteiger partial charge in [0.2, 0.25) is 5.91 Å². The topological polar surface area (TPSA) is 67.6 Å². The molecule has 3 aliphatic carbocycles. The summed E-state index contributed by atoms with van der Waals surface area (Å²) < 4.78 is 7.42. The van der Waals surface area contributed by atoms with E-state index in [-0.39, 0.29) is 17.9 Å². The molecule has 0 unspecified atom stereocenters. The molecule has 0 bridgehead atoms. The zero-order chi connectivity index (χ0) is 28.9. The number of aromatic nitrogens is 2. The van der Waals surface area contributed by atoms with Crippen LogP contribution in [0.15, 0.2) is 71.8 Å². The van der Waals surface area contributed by atoms with Crippen molar-refractivity contribution in [3.8, 4) is 11.1 Å². The molecule has 6 nitrogen and oxygen atoms in total. The van der Waals surface area contributed by atoms with Crippen LogP contribution in [0.5, 0.6) is 0 Å². The van der Waals surface area contributed by atoms with E-state index in [2.05, 4.69) is 51.7 Å². The maximum Gasteiger partial charge on any atom is 0.230 e. The first kappa shape index (κ1) is 29.7. The SMILES string of the molecule is C=C(/C=C\C(OC)=C(/C)Cl)C1CCC(CN(C(=O)C2CCC(O)CC2)c2cccc(-c3cnn(C4CC4)c3)c2)CC1. The highest BCUT2D eigenvalue weighted by atomic mass is 35.5. The van der Waals surface area contributed by atoms with Crippen molar-refractivity contribution < 1.29 is 14.6 Å². The molecule has 41 heavy (non-hydrogen) atoms. The second-order valence-corrected chi connectivity index (χ2v) is 12.7. The van der Waals surface area contributed by atoms with E-state index in [1.54, 1.807) is 7.11 Å². The van der Waals surface area contributed by atoms with Gasteiger partial charge in [0, 0.05) is 29.9 Å². The Balaban J connectivity index is 1.29. The Morgan fingerprint density at radius 2 is 1.78 bits per heavy atom. The first-order chi connectivity index (χ1) is 19.8. The molecule has 5 rings (SSSR count). The predicted octanol–water partition coefficient (Wildman–Crippen LogP) is 7.80. The van der Waals surface area contributed by atoms with Crippen LogP contribution in [-0.2, 0) is 9.53 Å². The Morgan fingerprint density at radius 3 is 2.44 bits per heavy atom. The normalized spacial score (nSPS) is 25.6. The van der Waals surface area contributed by atoms with Gasteiger partial charge in [0.15, 0.2) is 0 Å².